The average molecular weight is 1980 g/mol. The first-order valence-corrected chi connectivity index (χ1v) is 47.0. The number of amides is 23. The number of hydrogen-bond acceptors (Lipinski definition) is 24. The van der Waals surface area contributed by atoms with Gasteiger partial charge in [-0.05, 0) is 205 Å². The third-order valence-corrected chi connectivity index (χ3v) is 23.8. The number of carbonyl (C=O) groups is 23. The quantitative estimate of drug-likeness (QED) is 0.0292. The predicted molar refractivity (Wildman–Crippen MR) is 511 cm³/mol. The summed E-state index contributed by atoms with van der Waals surface area (Å²) in [6.07, 6.45) is -1.15. The first kappa shape index (κ1) is 121. The van der Waals surface area contributed by atoms with Crippen molar-refractivity contribution in [1.29, 1.82) is 0 Å². The second-order valence-electron chi connectivity index (χ2n) is 40.9. The summed E-state index contributed by atoms with van der Waals surface area (Å²) < 4.78 is 0. The number of hydrogen-bond donors (Lipinski definition) is 22. The Labute approximate surface area is 817 Å². The number of carbonyl (C=O) groups excluding carboxylic acids is 23. The van der Waals surface area contributed by atoms with Gasteiger partial charge in [0.15, 0.2) is 0 Å². The summed E-state index contributed by atoms with van der Waals surface area (Å²) in [4.78, 5) is 316. The van der Waals surface area contributed by atoms with Gasteiger partial charge in [0, 0.05) is 39.3 Å². The Bertz CT molecular complexity index is 4720. The summed E-state index contributed by atoms with van der Waals surface area (Å²) in [5.74, 6) is -20.9. The van der Waals surface area contributed by atoms with Crippen LogP contribution in [0, 0.1) is 17.8 Å². The first-order chi connectivity index (χ1) is 64.3. The van der Waals surface area contributed by atoms with Crippen LogP contribution in [0.2, 0.25) is 0 Å². The zero-order chi connectivity index (χ0) is 107. The number of rotatable bonds is 54. The summed E-state index contributed by atoms with van der Waals surface area (Å²) in [6, 6.07) is -5.61. The van der Waals surface area contributed by atoms with E-state index in [2.05, 4.69) is 95.7 Å². The van der Waals surface area contributed by atoms with Crippen LogP contribution >= 0.6 is 0 Å². The number of nitrogens with zero attached hydrogens (tertiary/aromatic N) is 2. The van der Waals surface area contributed by atoms with Gasteiger partial charge in [0.25, 0.3) is 0 Å². The van der Waals surface area contributed by atoms with Crippen molar-refractivity contribution in [3.8, 4) is 0 Å². The van der Waals surface area contributed by atoms with Crippen LogP contribution < -0.4 is 113 Å². The van der Waals surface area contributed by atoms with Gasteiger partial charge in [-0.2, -0.15) is 0 Å². The molecule has 2 aliphatic rings. The van der Waals surface area contributed by atoms with Crippen LogP contribution in [-0.2, 0) is 117 Å². The number of nitrogens with one attached hydrogen (secondary N) is 18. The molecule has 0 radical (unpaired) electrons. The van der Waals surface area contributed by atoms with Gasteiger partial charge in [0.1, 0.15) is 105 Å². The summed E-state index contributed by atoms with van der Waals surface area (Å²) in [5.41, 5.74) is 3.10. The minimum Gasteiger partial charge on any atom is -0.394 e. The number of aliphatic hydroxyl groups is 1. The van der Waals surface area contributed by atoms with Gasteiger partial charge in [0.05, 0.1) is 19.2 Å². The first-order valence-electron chi connectivity index (χ1n) is 47.0. The van der Waals surface area contributed by atoms with Gasteiger partial charge >= 0.3 is 0 Å². The van der Waals surface area contributed by atoms with Crippen molar-refractivity contribution in [2.24, 2.45) is 35.0 Å². The molecule has 0 aliphatic carbocycles. The van der Waals surface area contributed by atoms with Gasteiger partial charge in [0.2, 0.25) is 136 Å². The van der Waals surface area contributed by atoms with Crippen LogP contribution in [0.5, 0.6) is 0 Å². The summed E-state index contributed by atoms with van der Waals surface area (Å²) >= 11 is 0. The minimum atomic E-state index is -1.91. The van der Waals surface area contributed by atoms with Crippen molar-refractivity contribution in [3.63, 3.8) is 0 Å². The molecule has 2 fully saturated rings. The third-order valence-electron chi connectivity index (χ3n) is 23.8. The van der Waals surface area contributed by atoms with Crippen LogP contribution in [0.3, 0.4) is 0 Å². The molecule has 0 spiro atoms. The highest BCUT2D eigenvalue weighted by atomic mass is 16.3. The zero-order valence-electron chi connectivity index (χ0n) is 85.5. The van der Waals surface area contributed by atoms with E-state index in [0.717, 1.165) is 5.56 Å². The van der Waals surface area contributed by atoms with E-state index in [-0.39, 0.29) is 64.0 Å². The highest BCUT2D eigenvalue weighted by Gasteiger charge is 2.49. The molecule has 2 aliphatic heterocycles. The summed E-state index contributed by atoms with van der Waals surface area (Å²) in [6.45, 7) is 34.3. The smallest absolute Gasteiger partial charge is 0.248 e. The number of aliphatic hydroxyl groups excluding tert-OH is 1. The second kappa shape index (κ2) is 51.8. The highest BCUT2D eigenvalue weighted by molar-refractivity contribution is 6.05. The van der Waals surface area contributed by atoms with Gasteiger partial charge < -0.3 is 128 Å². The normalized spacial score (nSPS) is 16.5. The van der Waals surface area contributed by atoms with Crippen molar-refractivity contribution in [1.82, 2.24) is 106 Å². The molecule has 0 bridgehead atoms. The number of nitrogens with two attached hydrogens (primary N) is 3. The lowest BCUT2D eigenvalue weighted by Gasteiger charge is -2.36. The van der Waals surface area contributed by atoms with E-state index in [9.17, 15) is 115 Å². The lowest BCUT2D eigenvalue weighted by Crippen LogP contribution is -2.67. The molecular weight excluding hydrogens is 1820 g/mol. The fourth-order valence-electron chi connectivity index (χ4n) is 15.0. The van der Waals surface area contributed by atoms with E-state index in [1.54, 1.807) is 71.9 Å². The Hall–Kier alpha value is -13.0. The fourth-order valence-corrected chi connectivity index (χ4v) is 15.0. The van der Waals surface area contributed by atoms with Crippen molar-refractivity contribution in [2.75, 3.05) is 26.2 Å². The summed E-state index contributed by atoms with van der Waals surface area (Å²) in [5, 5.41) is 56.2. The van der Waals surface area contributed by atoms with E-state index in [1.807, 2.05) is 0 Å². The molecule has 784 valence electrons. The Balaban J connectivity index is 1.66. The Morgan fingerprint density at radius 1 is 0.386 bits per heavy atom. The largest absolute Gasteiger partial charge is 0.394 e. The third kappa shape index (κ3) is 37.0. The fraction of sp³-hybridized carbons (Fsp3) is 0.688. The molecule has 0 aromatic heterocycles. The predicted octanol–water partition coefficient (Wildman–Crippen LogP) is -4.55. The van der Waals surface area contributed by atoms with E-state index < -0.39 is 297 Å². The Morgan fingerprint density at radius 3 is 1.21 bits per heavy atom. The van der Waals surface area contributed by atoms with Crippen molar-refractivity contribution < 1.29 is 115 Å². The maximum Gasteiger partial charge on any atom is 0.248 e. The van der Waals surface area contributed by atoms with Crippen LogP contribution in [0.15, 0.2) is 30.3 Å². The average Bonchev–Trinajstić information content (AvgIpc) is 1.62. The van der Waals surface area contributed by atoms with Crippen LogP contribution in [0.25, 0.3) is 0 Å². The van der Waals surface area contributed by atoms with Gasteiger partial charge in [-0.1, -0.05) is 78.8 Å². The molecular formula is C93H153N23O24. The molecule has 1 aromatic rings. The molecule has 3 rings (SSSR count). The SMILES string of the molecule is CC[C@](C)(NC(=O)C(C)(C)NC(=O)[C@@H](NC(=O)[C@@H]1CCCN1C(=O)C(C)(C)NC(=O)[C@H](CC(C)C)NC(=O)CNC(=O)C(C)(C)NC(=O)[C@@H](NC(=O)C(C)(C)NC(=O)[C@H](CCC(N)=O)NC(=O)[C@H](C)NC(=O)C(C)(C)NC(=O)[C@H](C)NC(=O)C(C)(C)NC(=O)[C@@H]1CCCN1C(=O)C(C)(C)NC(C)=O)C(C)C)C(C)C)C(=O)N[C@@H](CCC(N)=O)C(=O)N[C@@H](CCC(N)=O)C(=O)N[C@H](CO)Cc1ccccc1. The molecule has 2 heterocycles. The highest BCUT2D eigenvalue weighted by Crippen LogP contribution is 2.27. The van der Waals surface area contributed by atoms with Crippen molar-refractivity contribution in [2.45, 2.75) is 367 Å². The summed E-state index contributed by atoms with van der Waals surface area (Å²) in [7, 11) is 0. The van der Waals surface area contributed by atoms with Crippen LogP contribution in [0.1, 0.15) is 256 Å². The molecule has 2 saturated heterocycles. The van der Waals surface area contributed by atoms with Gasteiger partial charge in [-0.15, -0.1) is 0 Å². The second-order valence-corrected chi connectivity index (χ2v) is 40.9. The Morgan fingerprint density at radius 2 is 0.764 bits per heavy atom. The molecule has 0 unspecified atom stereocenters. The van der Waals surface area contributed by atoms with E-state index >= 15 is 0 Å². The maximum atomic E-state index is 14.6. The van der Waals surface area contributed by atoms with E-state index in [0.29, 0.717) is 12.8 Å². The van der Waals surface area contributed by atoms with Crippen LogP contribution in [0.4, 0.5) is 0 Å². The minimum absolute atomic E-state index is 0.00734. The van der Waals surface area contributed by atoms with E-state index in [1.165, 1.54) is 141 Å². The molecule has 140 heavy (non-hydrogen) atoms. The van der Waals surface area contributed by atoms with E-state index in [4.69, 9.17) is 17.2 Å². The maximum absolute atomic E-state index is 14.6. The van der Waals surface area contributed by atoms with Gasteiger partial charge in [-0.25, -0.2) is 0 Å². The lowest BCUT2D eigenvalue weighted by atomic mass is 9.93. The standard InChI is InChI=1S/C93H153N23O24/c1-26-93(25,83(138)104-57(37-40-63(95)120)71(126)103-56(36-39-62(94)119)70(125)100-55(47-117)45-54-32-28-27-29-33-54)114-82(137)90(19,20)113-76(131)66(49(4)5)105-74(129)60-34-30-42-115(60)85(140)92(23,24)110-73(128)59(44-48(2)3)101-65(122)46-97-78(133)86(11,12)112-77(132)67(50(6)7)106-81(136)89(17,18)109-72(127)58(38-41-64(96)121)102-68(123)51(8)98-79(134)87(13,14)108-69(124)52(9)99-80(135)88(15,16)111-75(130)61-35-31-43-116(61)84(139)91(21,22)107-53(10)118/h27-29,32-33,48-52,55-61,66-67,117H,26,30-31,34-47H2,1-25H3,(H2,94,119)(H2,95,120)(H2,96,121)(H,97,133)(H,98,134)(H,99,135)(H,100,125)(H,101,122)(H,102,123)(H,103,126)(H,104,138)(H,105,129)(H,106,136)(H,107,118)(H,108,124)(H,109,127)(H,110,128)(H,111,130)(H,112,132)(H,113,131)(H,114,137)/t51-,52-,55-,56-,57-,58-,59-,60-,61-,66-,67-,93-/m0/s1. The number of likely N-dealkylation sites (tertiary alicyclic amines) is 2. The molecule has 47 nitrogen and oxygen atoms in total. The molecule has 23 amide bonds. The zero-order valence-corrected chi connectivity index (χ0v) is 85.5. The van der Waals surface area contributed by atoms with Gasteiger partial charge in [-0.3, -0.25) is 110 Å². The Kier molecular flexibility index (Phi) is 44.8. The topological polar surface area (TPSA) is 714 Å². The number of benzene rings is 1. The molecule has 47 heteroatoms. The van der Waals surface area contributed by atoms with Crippen LogP contribution in [-0.4, -0.2) is 288 Å². The molecule has 1 aromatic carbocycles. The van der Waals surface area contributed by atoms with Crippen molar-refractivity contribution >= 4 is 136 Å². The molecule has 0 saturated carbocycles. The monoisotopic (exact) mass is 1980 g/mol. The number of primary amides is 3. The van der Waals surface area contributed by atoms with Crippen molar-refractivity contribution in [3.05, 3.63) is 35.9 Å². The molecule has 12 atom stereocenters. The lowest BCUT2D eigenvalue weighted by molar-refractivity contribution is -0.146. The molecule has 25 N–H and O–H groups in total.